The number of amides is 2. The average molecular weight is 380 g/mol. The second-order valence-corrected chi connectivity index (χ2v) is 8.25. The van der Waals surface area contributed by atoms with Crippen molar-refractivity contribution in [2.75, 3.05) is 30.0 Å². The lowest BCUT2D eigenvalue weighted by Gasteiger charge is -2.33. The summed E-state index contributed by atoms with van der Waals surface area (Å²) in [6.07, 6.45) is 6.98. The first-order valence-corrected chi connectivity index (χ1v) is 10.8. The third kappa shape index (κ3) is 5.16. The Labute approximate surface area is 159 Å². The summed E-state index contributed by atoms with van der Waals surface area (Å²) in [4.78, 5) is 26.2. The lowest BCUT2D eigenvalue weighted by molar-refractivity contribution is -0.128. The Hall–Kier alpha value is -1.70. The number of anilines is 1. The minimum atomic E-state index is -0.439. The molecule has 1 aliphatic carbocycles. The Morgan fingerprint density at radius 2 is 2.08 bits per heavy atom. The van der Waals surface area contributed by atoms with E-state index in [0.29, 0.717) is 12.3 Å². The topological polar surface area (TPSA) is 90.1 Å². The Balaban J connectivity index is 1.47. The van der Waals surface area contributed by atoms with Crippen molar-refractivity contribution in [3.63, 3.8) is 0 Å². The van der Waals surface area contributed by atoms with Crippen LogP contribution in [0.3, 0.4) is 0 Å². The van der Waals surface area contributed by atoms with Crippen molar-refractivity contribution in [1.82, 2.24) is 20.8 Å². The summed E-state index contributed by atoms with van der Waals surface area (Å²) in [6.45, 7) is 3.22. The molecular formula is C18H29N5O2S. The maximum atomic E-state index is 12.5. The number of thioether (sulfide) groups is 1. The van der Waals surface area contributed by atoms with Crippen molar-refractivity contribution in [2.45, 2.75) is 57.0 Å². The van der Waals surface area contributed by atoms with E-state index in [1.54, 1.807) is 11.8 Å². The highest BCUT2D eigenvalue weighted by Crippen LogP contribution is 2.40. The molecule has 144 valence electrons. The number of nitrogens with zero attached hydrogens (tertiary/aromatic N) is 2. The third-order valence-corrected chi connectivity index (χ3v) is 5.72. The number of piperidine rings is 1. The van der Waals surface area contributed by atoms with E-state index >= 15 is 0 Å². The largest absolute Gasteiger partial charge is 0.355 e. The molecule has 0 bridgehead atoms. The van der Waals surface area contributed by atoms with Gasteiger partial charge in [-0.05, 0) is 44.1 Å². The summed E-state index contributed by atoms with van der Waals surface area (Å²) in [5.41, 5.74) is 1.25. The van der Waals surface area contributed by atoms with Crippen LogP contribution in [0.5, 0.6) is 0 Å². The lowest BCUT2D eigenvalue weighted by Crippen LogP contribution is -2.52. The normalized spacial score (nSPS) is 19.2. The zero-order valence-corrected chi connectivity index (χ0v) is 16.4. The molecule has 2 amide bonds. The van der Waals surface area contributed by atoms with Crippen LogP contribution >= 0.6 is 11.8 Å². The molecule has 0 spiro atoms. The molecule has 2 fully saturated rings. The summed E-state index contributed by atoms with van der Waals surface area (Å²) >= 11 is 1.68. The van der Waals surface area contributed by atoms with E-state index in [2.05, 4.69) is 31.8 Å². The van der Waals surface area contributed by atoms with Gasteiger partial charge >= 0.3 is 0 Å². The Morgan fingerprint density at radius 1 is 1.35 bits per heavy atom. The summed E-state index contributed by atoms with van der Waals surface area (Å²) in [5.74, 6) is 2.32. The molecule has 2 heterocycles. The van der Waals surface area contributed by atoms with Crippen molar-refractivity contribution >= 4 is 29.4 Å². The van der Waals surface area contributed by atoms with Gasteiger partial charge in [0.1, 0.15) is 6.04 Å². The number of nitrogens with one attached hydrogen (secondary N) is 3. The van der Waals surface area contributed by atoms with Gasteiger partial charge in [0.05, 0.1) is 0 Å². The highest BCUT2D eigenvalue weighted by Gasteiger charge is 2.28. The highest BCUT2D eigenvalue weighted by atomic mass is 32.2. The molecule has 2 aliphatic rings. The Kier molecular flexibility index (Phi) is 6.45. The van der Waals surface area contributed by atoms with E-state index in [9.17, 15) is 9.59 Å². The summed E-state index contributed by atoms with van der Waals surface area (Å²) in [6, 6.07) is 1.89. The summed E-state index contributed by atoms with van der Waals surface area (Å²) in [5, 5.41) is 13.5. The molecular weight excluding hydrogens is 350 g/mol. The third-order valence-electron chi connectivity index (χ3n) is 5.07. The van der Waals surface area contributed by atoms with Crippen LogP contribution in [0.25, 0.3) is 0 Å². The van der Waals surface area contributed by atoms with Gasteiger partial charge in [0.2, 0.25) is 11.8 Å². The fourth-order valence-corrected chi connectivity index (χ4v) is 3.87. The summed E-state index contributed by atoms with van der Waals surface area (Å²) < 4.78 is 0. The standard InChI is InChI=1S/C18H29N5O2S/c1-12(24)19-15(7-10-26-2)18(25)20-14-5-8-23(9-6-14)17-11-16(21-22-17)13-3-4-13/h11,13-15H,3-10H2,1-2H3,(H,19,24)(H,20,25)(H,21,22)/t15-/m1/s1. The second-order valence-electron chi connectivity index (χ2n) is 7.26. The predicted octanol–water partition coefficient (Wildman–Crippen LogP) is 1.63. The Morgan fingerprint density at radius 3 is 2.69 bits per heavy atom. The van der Waals surface area contributed by atoms with Crippen molar-refractivity contribution < 1.29 is 9.59 Å². The average Bonchev–Trinajstić information content (AvgIpc) is 3.36. The molecule has 1 atom stereocenters. The zero-order valence-electron chi connectivity index (χ0n) is 15.6. The van der Waals surface area contributed by atoms with E-state index in [1.807, 2.05) is 6.26 Å². The smallest absolute Gasteiger partial charge is 0.242 e. The maximum absolute atomic E-state index is 12.5. The van der Waals surface area contributed by atoms with Gasteiger partial charge in [0.15, 0.2) is 5.82 Å². The molecule has 26 heavy (non-hydrogen) atoms. The van der Waals surface area contributed by atoms with Crippen molar-refractivity contribution in [3.8, 4) is 0 Å². The molecule has 3 N–H and O–H groups in total. The van der Waals surface area contributed by atoms with Crippen LogP contribution in [0.4, 0.5) is 5.82 Å². The molecule has 3 rings (SSSR count). The van der Waals surface area contributed by atoms with Crippen molar-refractivity contribution in [2.24, 2.45) is 0 Å². The molecule has 1 saturated carbocycles. The van der Waals surface area contributed by atoms with Gasteiger partial charge in [-0.3, -0.25) is 14.7 Å². The number of rotatable bonds is 8. The first-order chi connectivity index (χ1) is 12.6. The number of carbonyl (C=O) groups is 2. The van der Waals surface area contributed by atoms with Gasteiger partial charge in [-0.25, -0.2) is 0 Å². The molecule has 8 heteroatoms. The number of hydrogen-bond donors (Lipinski definition) is 3. The maximum Gasteiger partial charge on any atom is 0.242 e. The first kappa shape index (κ1) is 19.1. The van der Waals surface area contributed by atoms with Crippen LogP contribution in [0.15, 0.2) is 6.07 Å². The van der Waals surface area contributed by atoms with E-state index < -0.39 is 6.04 Å². The first-order valence-electron chi connectivity index (χ1n) is 9.43. The number of H-pyrrole nitrogens is 1. The van der Waals surface area contributed by atoms with Gasteiger partial charge in [-0.15, -0.1) is 0 Å². The minimum Gasteiger partial charge on any atom is -0.355 e. The minimum absolute atomic E-state index is 0.0662. The molecule has 0 radical (unpaired) electrons. The Bertz CT molecular complexity index is 623. The SMILES string of the molecule is CSCC[C@@H](NC(C)=O)C(=O)NC1CCN(c2cc(C3CC3)[nH]n2)CC1. The molecule has 1 saturated heterocycles. The predicted molar refractivity (Wildman–Crippen MR) is 105 cm³/mol. The zero-order chi connectivity index (χ0) is 18.5. The number of hydrogen-bond acceptors (Lipinski definition) is 5. The highest BCUT2D eigenvalue weighted by molar-refractivity contribution is 7.98. The van der Waals surface area contributed by atoms with Crippen molar-refractivity contribution in [3.05, 3.63) is 11.8 Å². The van der Waals surface area contributed by atoms with Crippen LogP contribution in [-0.4, -0.2) is 59.2 Å². The molecule has 0 aromatic carbocycles. The quantitative estimate of drug-likeness (QED) is 0.639. The van der Waals surface area contributed by atoms with E-state index in [-0.39, 0.29) is 17.9 Å². The lowest BCUT2D eigenvalue weighted by atomic mass is 10.0. The molecule has 1 aromatic rings. The molecule has 0 unspecified atom stereocenters. The van der Waals surface area contributed by atoms with Gasteiger partial charge in [0, 0.05) is 43.7 Å². The van der Waals surface area contributed by atoms with Crippen LogP contribution in [0, 0.1) is 0 Å². The fraction of sp³-hybridized carbons (Fsp3) is 0.722. The van der Waals surface area contributed by atoms with Crippen LogP contribution in [-0.2, 0) is 9.59 Å². The van der Waals surface area contributed by atoms with Crippen LogP contribution < -0.4 is 15.5 Å². The van der Waals surface area contributed by atoms with E-state index in [1.165, 1.54) is 25.5 Å². The van der Waals surface area contributed by atoms with Crippen molar-refractivity contribution in [1.29, 1.82) is 0 Å². The second kappa shape index (κ2) is 8.79. The van der Waals surface area contributed by atoms with Gasteiger partial charge in [0.25, 0.3) is 0 Å². The summed E-state index contributed by atoms with van der Waals surface area (Å²) in [7, 11) is 0. The number of carbonyl (C=O) groups excluding carboxylic acids is 2. The number of aromatic amines is 1. The molecule has 7 nitrogen and oxygen atoms in total. The van der Waals surface area contributed by atoms with Crippen LogP contribution in [0.1, 0.15) is 50.6 Å². The number of aromatic nitrogens is 2. The van der Waals surface area contributed by atoms with Crippen LogP contribution in [0.2, 0.25) is 0 Å². The molecule has 1 aliphatic heterocycles. The fourth-order valence-electron chi connectivity index (χ4n) is 3.40. The molecule has 1 aromatic heterocycles. The van der Waals surface area contributed by atoms with Gasteiger partial charge in [-0.2, -0.15) is 16.9 Å². The van der Waals surface area contributed by atoms with Gasteiger partial charge in [-0.1, -0.05) is 0 Å². The van der Waals surface area contributed by atoms with E-state index in [0.717, 1.165) is 37.5 Å². The van der Waals surface area contributed by atoms with E-state index in [4.69, 9.17) is 0 Å². The van der Waals surface area contributed by atoms with Gasteiger partial charge < -0.3 is 15.5 Å². The monoisotopic (exact) mass is 379 g/mol.